The van der Waals surface area contributed by atoms with E-state index in [0.29, 0.717) is 10.7 Å². The largest absolute Gasteiger partial charge is 0.325 e. The molecule has 4 rings (SSSR count). The standard InChI is InChI=1S/C22H23ClN4O3S/c1-15-6-7-16(22-26-25-20-5-3-2-4-12-27(20)22)13-19(15)24-21(28)14-31(29,30)18-10-8-17(23)9-11-18/h6-11,13H,2-5,12,14H2,1H3,(H,24,28). The Morgan fingerprint density at radius 1 is 1.10 bits per heavy atom. The van der Waals surface area contributed by atoms with Crippen LogP contribution < -0.4 is 5.32 Å². The normalized spacial score (nSPS) is 14.0. The molecule has 0 saturated heterocycles. The Morgan fingerprint density at radius 2 is 1.87 bits per heavy atom. The highest BCUT2D eigenvalue weighted by atomic mass is 35.5. The Morgan fingerprint density at radius 3 is 2.65 bits per heavy atom. The van der Waals surface area contributed by atoms with Gasteiger partial charge in [-0.05, 0) is 55.7 Å². The fourth-order valence-corrected chi connectivity index (χ4v) is 4.94. The SMILES string of the molecule is Cc1ccc(-c2nnc3n2CCCCC3)cc1NC(=O)CS(=O)(=O)c1ccc(Cl)cc1. The van der Waals surface area contributed by atoms with Gasteiger partial charge in [0.25, 0.3) is 0 Å². The van der Waals surface area contributed by atoms with E-state index in [1.165, 1.54) is 30.7 Å². The molecule has 9 heteroatoms. The molecule has 1 aliphatic rings. The number of rotatable bonds is 5. The number of nitrogens with one attached hydrogen (secondary N) is 1. The summed E-state index contributed by atoms with van der Waals surface area (Å²) in [5.41, 5.74) is 2.22. The third-order valence-corrected chi connectivity index (χ3v) is 7.26. The summed E-state index contributed by atoms with van der Waals surface area (Å²) in [6, 6.07) is 11.4. The van der Waals surface area contributed by atoms with Crippen LogP contribution in [0.5, 0.6) is 0 Å². The lowest BCUT2D eigenvalue weighted by atomic mass is 10.1. The van der Waals surface area contributed by atoms with Crippen molar-refractivity contribution in [3.63, 3.8) is 0 Å². The van der Waals surface area contributed by atoms with Gasteiger partial charge in [0, 0.05) is 29.2 Å². The van der Waals surface area contributed by atoms with Crippen molar-refractivity contribution in [3.8, 4) is 11.4 Å². The fourth-order valence-electron chi connectivity index (χ4n) is 3.68. The van der Waals surface area contributed by atoms with Crippen LogP contribution in [0.25, 0.3) is 11.4 Å². The third kappa shape index (κ3) is 4.80. The van der Waals surface area contributed by atoms with E-state index in [9.17, 15) is 13.2 Å². The molecule has 1 amide bonds. The van der Waals surface area contributed by atoms with E-state index in [2.05, 4.69) is 20.1 Å². The molecule has 31 heavy (non-hydrogen) atoms. The molecule has 1 N–H and O–H groups in total. The van der Waals surface area contributed by atoms with Crippen molar-refractivity contribution in [1.82, 2.24) is 14.8 Å². The number of carbonyl (C=O) groups is 1. The number of halogens is 1. The highest BCUT2D eigenvalue weighted by molar-refractivity contribution is 7.92. The zero-order valence-electron chi connectivity index (χ0n) is 17.1. The van der Waals surface area contributed by atoms with Crippen molar-refractivity contribution in [2.24, 2.45) is 0 Å². The van der Waals surface area contributed by atoms with Crippen LogP contribution in [-0.2, 0) is 27.6 Å². The number of amides is 1. The average molecular weight is 459 g/mol. The second-order valence-corrected chi connectivity index (χ2v) is 10.1. The summed E-state index contributed by atoms with van der Waals surface area (Å²) in [6.07, 6.45) is 4.26. The van der Waals surface area contributed by atoms with Gasteiger partial charge < -0.3 is 9.88 Å². The number of sulfone groups is 1. The van der Waals surface area contributed by atoms with E-state index in [1.54, 1.807) is 0 Å². The van der Waals surface area contributed by atoms with E-state index in [1.807, 2.05) is 25.1 Å². The van der Waals surface area contributed by atoms with E-state index >= 15 is 0 Å². The number of benzene rings is 2. The number of fused-ring (bicyclic) bond motifs is 1. The minimum absolute atomic E-state index is 0.0590. The van der Waals surface area contributed by atoms with Crippen molar-refractivity contribution in [3.05, 3.63) is 58.9 Å². The summed E-state index contributed by atoms with van der Waals surface area (Å²) in [5, 5.41) is 11.9. The predicted molar refractivity (Wildman–Crippen MR) is 120 cm³/mol. The summed E-state index contributed by atoms with van der Waals surface area (Å²) in [7, 11) is -3.78. The molecule has 0 saturated carbocycles. The number of aromatic nitrogens is 3. The molecule has 0 atom stereocenters. The van der Waals surface area contributed by atoms with E-state index in [0.717, 1.165) is 48.6 Å². The molecule has 7 nitrogen and oxygen atoms in total. The Balaban J connectivity index is 1.55. The van der Waals surface area contributed by atoms with Gasteiger partial charge in [0.05, 0.1) is 4.90 Å². The van der Waals surface area contributed by atoms with Gasteiger partial charge in [0.15, 0.2) is 15.7 Å². The van der Waals surface area contributed by atoms with Crippen LogP contribution >= 0.6 is 11.6 Å². The second kappa shape index (κ2) is 8.80. The summed E-state index contributed by atoms with van der Waals surface area (Å²) in [5.74, 6) is 0.489. The molecule has 2 aromatic carbocycles. The molecular formula is C22H23ClN4O3S. The van der Waals surface area contributed by atoms with Crippen molar-refractivity contribution >= 4 is 33.0 Å². The van der Waals surface area contributed by atoms with Crippen molar-refractivity contribution in [2.45, 2.75) is 44.0 Å². The summed E-state index contributed by atoms with van der Waals surface area (Å²) in [4.78, 5) is 12.6. The van der Waals surface area contributed by atoms with Crippen LogP contribution in [0.1, 0.15) is 30.7 Å². The fraction of sp³-hybridized carbons (Fsp3) is 0.318. The van der Waals surface area contributed by atoms with Crippen molar-refractivity contribution in [2.75, 3.05) is 11.1 Å². The first kappa shape index (κ1) is 21.5. The van der Waals surface area contributed by atoms with Crippen molar-refractivity contribution in [1.29, 1.82) is 0 Å². The van der Waals surface area contributed by atoms with Crippen LogP contribution in [-0.4, -0.2) is 34.8 Å². The van der Waals surface area contributed by atoms with Gasteiger partial charge in [0.2, 0.25) is 5.91 Å². The molecule has 162 valence electrons. The van der Waals surface area contributed by atoms with Gasteiger partial charge >= 0.3 is 0 Å². The first-order chi connectivity index (χ1) is 14.8. The number of anilines is 1. The summed E-state index contributed by atoms with van der Waals surface area (Å²) < 4.78 is 27.2. The molecule has 0 aliphatic carbocycles. The highest BCUT2D eigenvalue weighted by Gasteiger charge is 2.21. The molecule has 0 radical (unpaired) electrons. The molecule has 0 bridgehead atoms. The Labute approximate surface area is 186 Å². The second-order valence-electron chi connectivity index (χ2n) is 7.69. The number of nitrogens with zero attached hydrogens (tertiary/aromatic N) is 3. The van der Waals surface area contributed by atoms with E-state index in [-0.39, 0.29) is 4.90 Å². The van der Waals surface area contributed by atoms with Gasteiger partial charge in [-0.2, -0.15) is 0 Å². The number of carbonyl (C=O) groups excluding carboxylic acids is 1. The summed E-state index contributed by atoms with van der Waals surface area (Å²) in [6.45, 7) is 2.73. The maximum Gasteiger partial charge on any atom is 0.239 e. The number of hydrogen-bond donors (Lipinski definition) is 1. The average Bonchev–Trinajstić information content (AvgIpc) is 2.97. The monoisotopic (exact) mass is 458 g/mol. The van der Waals surface area contributed by atoms with Crippen LogP contribution in [0.15, 0.2) is 47.4 Å². The lowest BCUT2D eigenvalue weighted by Gasteiger charge is -2.12. The first-order valence-corrected chi connectivity index (χ1v) is 12.2. The van der Waals surface area contributed by atoms with Gasteiger partial charge in [0.1, 0.15) is 11.6 Å². The Kier molecular flexibility index (Phi) is 6.11. The number of hydrogen-bond acceptors (Lipinski definition) is 5. The molecule has 3 aromatic rings. The topological polar surface area (TPSA) is 93.9 Å². The Hall–Kier alpha value is -2.71. The molecule has 1 aromatic heterocycles. The predicted octanol–water partition coefficient (Wildman–Crippen LogP) is 4.05. The zero-order valence-corrected chi connectivity index (χ0v) is 18.7. The smallest absolute Gasteiger partial charge is 0.239 e. The lowest BCUT2D eigenvalue weighted by Crippen LogP contribution is -2.23. The molecule has 0 unspecified atom stereocenters. The van der Waals surface area contributed by atoms with Gasteiger partial charge in [-0.3, -0.25) is 4.79 Å². The molecule has 0 fully saturated rings. The number of aryl methyl sites for hydroxylation is 2. The maximum absolute atomic E-state index is 12.6. The van der Waals surface area contributed by atoms with E-state index in [4.69, 9.17) is 11.6 Å². The van der Waals surface area contributed by atoms with Gasteiger partial charge in [-0.1, -0.05) is 30.2 Å². The maximum atomic E-state index is 12.6. The molecule has 1 aliphatic heterocycles. The van der Waals surface area contributed by atoms with E-state index < -0.39 is 21.5 Å². The third-order valence-electron chi connectivity index (χ3n) is 5.37. The minimum Gasteiger partial charge on any atom is -0.325 e. The summed E-state index contributed by atoms with van der Waals surface area (Å²) >= 11 is 5.82. The van der Waals surface area contributed by atoms with Crippen LogP contribution in [0.4, 0.5) is 5.69 Å². The highest BCUT2D eigenvalue weighted by Crippen LogP contribution is 2.27. The zero-order chi connectivity index (χ0) is 22.0. The lowest BCUT2D eigenvalue weighted by molar-refractivity contribution is -0.113. The molecule has 2 heterocycles. The van der Waals surface area contributed by atoms with Crippen molar-refractivity contribution < 1.29 is 13.2 Å². The molecular weight excluding hydrogens is 436 g/mol. The van der Waals surface area contributed by atoms with Crippen LogP contribution in [0.3, 0.4) is 0 Å². The first-order valence-electron chi connectivity index (χ1n) is 10.1. The minimum atomic E-state index is -3.78. The van der Waals surface area contributed by atoms with Gasteiger partial charge in [-0.25, -0.2) is 8.42 Å². The Bertz CT molecular complexity index is 1220. The van der Waals surface area contributed by atoms with Gasteiger partial charge in [-0.15, -0.1) is 10.2 Å². The van der Waals surface area contributed by atoms with Crippen LogP contribution in [0, 0.1) is 6.92 Å². The van der Waals surface area contributed by atoms with Crippen LogP contribution in [0.2, 0.25) is 5.02 Å². The molecule has 0 spiro atoms. The quantitative estimate of drug-likeness (QED) is 0.622.